The molecule has 3 rings (SSSR count). The fraction of sp³-hybridized carbons (Fsp3) is 0.619. The van der Waals surface area contributed by atoms with Crippen LogP contribution in [0.1, 0.15) is 48.0 Å². The fourth-order valence-electron chi connectivity index (χ4n) is 4.42. The quantitative estimate of drug-likeness (QED) is 0.667. The maximum atomic E-state index is 12.1. The summed E-state index contributed by atoms with van der Waals surface area (Å²) in [5, 5.41) is 3.52. The first-order valence-electron chi connectivity index (χ1n) is 9.79. The molecule has 26 heavy (non-hydrogen) atoms. The molecule has 2 aliphatic rings. The molecule has 0 radical (unpaired) electrons. The van der Waals surface area contributed by atoms with Crippen LogP contribution in [0.4, 0.5) is 0 Å². The number of aliphatic imine (C=N–C) groups is 1. The summed E-state index contributed by atoms with van der Waals surface area (Å²) in [7, 11) is 5.44. The van der Waals surface area contributed by atoms with Gasteiger partial charge in [-0.05, 0) is 48.8 Å². The SMILES string of the molecule is CN=C(NCCc1cccc(C(=O)N(C)C)c1)N1CCC2(CCCC2)C1. The molecule has 1 saturated carbocycles. The third-order valence-electron chi connectivity index (χ3n) is 5.89. The highest BCUT2D eigenvalue weighted by molar-refractivity contribution is 5.94. The second-order valence-electron chi connectivity index (χ2n) is 8.00. The number of carbonyl (C=O) groups excluding carboxylic acids is 1. The van der Waals surface area contributed by atoms with E-state index in [1.165, 1.54) is 37.7 Å². The van der Waals surface area contributed by atoms with Crippen molar-refractivity contribution in [2.75, 3.05) is 40.8 Å². The average Bonchev–Trinajstić information content (AvgIpc) is 3.28. The molecular weight excluding hydrogens is 324 g/mol. The Balaban J connectivity index is 1.52. The van der Waals surface area contributed by atoms with Gasteiger partial charge < -0.3 is 15.1 Å². The van der Waals surface area contributed by atoms with E-state index in [1.54, 1.807) is 19.0 Å². The van der Waals surface area contributed by atoms with E-state index in [0.717, 1.165) is 37.6 Å². The molecule has 5 nitrogen and oxygen atoms in total. The largest absolute Gasteiger partial charge is 0.356 e. The fourth-order valence-corrected chi connectivity index (χ4v) is 4.42. The van der Waals surface area contributed by atoms with Crippen LogP contribution in [0.15, 0.2) is 29.3 Å². The highest BCUT2D eigenvalue weighted by Gasteiger charge is 2.40. The van der Waals surface area contributed by atoms with E-state index in [9.17, 15) is 4.79 Å². The van der Waals surface area contributed by atoms with Crippen LogP contribution in [0.25, 0.3) is 0 Å². The molecule has 1 aromatic rings. The van der Waals surface area contributed by atoms with Gasteiger partial charge in [0.25, 0.3) is 5.91 Å². The van der Waals surface area contributed by atoms with Crippen molar-refractivity contribution in [3.63, 3.8) is 0 Å². The molecule has 1 spiro atoms. The molecule has 142 valence electrons. The highest BCUT2D eigenvalue weighted by Crippen LogP contribution is 2.45. The van der Waals surface area contributed by atoms with Gasteiger partial charge in [0.15, 0.2) is 5.96 Å². The lowest BCUT2D eigenvalue weighted by atomic mass is 9.86. The normalized spacial score (nSPS) is 19.2. The minimum Gasteiger partial charge on any atom is -0.356 e. The Labute approximate surface area is 157 Å². The smallest absolute Gasteiger partial charge is 0.253 e. The summed E-state index contributed by atoms with van der Waals surface area (Å²) >= 11 is 0. The van der Waals surface area contributed by atoms with Crippen molar-refractivity contribution in [2.24, 2.45) is 10.4 Å². The number of guanidine groups is 1. The molecule has 5 heteroatoms. The van der Waals surface area contributed by atoms with E-state index in [0.29, 0.717) is 5.41 Å². The number of amides is 1. The molecule has 1 N–H and O–H groups in total. The second kappa shape index (κ2) is 8.11. The lowest BCUT2D eigenvalue weighted by Gasteiger charge is -2.26. The van der Waals surface area contributed by atoms with Crippen LogP contribution in [0, 0.1) is 5.41 Å². The molecule has 1 aromatic carbocycles. The van der Waals surface area contributed by atoms with Crippen LogP contribution < -0.4 is 5.32 Å². The zero-order valence-electron chi connectivity index (χ0n) is 16.4. The zero-order chi connectivity index (χ0) is 18.6. The topological polar surface area (TPSA) is 47.9 Å². The summed E-state index contributed by atoms with van der Waals surface area (Å²) in [5.74, 6) is 1.07. The summed E-state index contributed by atoms with van der Waals surface area (Å²) in [4.78, 5) is 20.6. The molecular formula is C21H32N4O. The van der Waals surface area contributed by atoms with Crippen LogP contribution in [0.5, 0.6) is 0 Å². The third-order valence-corrected chi connectivity index (χ3v) is 5.89. The van der Waals surface area contributed by atoms with Gasteiger partial charge in [0.1, 0.15) is 0 Å². The first-order chi connectivity index (χ1) is 12.5. The van der Waals surface area contributed by atoms with Gasteiger partial charge in [-0.25, -0.2) is 0 Å². The van der Waals surface area contributed by atoms with Gasteiger partial charge >= 0.3 is 0 Å². The summed E-state index contributed by atoms with van der Waals surface area (Å²) < 4.78 is 0. The van der Waals surface area contributed by atoms with Gasteiger partial charge in [0, 0.05) is 46.3 Å². The van der Waals surface area contributed by atoms with Crippen molar-refractivity contribution < 1.29 is 4.79 Å². The second-order valence-corrected chi connectivity index (χ2v) is 8.00. The summed E-state index contributed by atoms with van der Waals surface area (Å²) in [6.07, 6.45) is 7.74. The maximum absolute atomic E-state index is 12.1. The average molecular weight is 357 g/mol. The zero-order valence-corrected chi connectivity index (χ0v) is 16.4. The van der Waals surface area contributed by atoms with E-state index in [-0.39, 0.29) is 5.91 Å². The minimum absolute atomic E-state index is 0.0505. The Kier molecular flexibility index (Phi) is 5.84. The number of carbonyl (C=O) groups is 1. The molecule has 0 atom stereocenters. The van der Waals surface area contributed by atoms with Crippen molar-refractivity contribution >= 4 is 11.9 Å². The molecule has 1 aliphatic heterocycles. The Bertz CT molecular complexity index is 662. The summed E-state index contributed by atoms with van der Waals surface area (Å²) in [6, 6.07) is 7.92. The number of hydrogen-bond acceptors (Lipinski definition) is 2. The standard InChI is InChI=1S/C21H32N4O/c1-22-20(25-14-12-21(16-25)10-4-5-11-21)23-13-9-17-7-6-8-18(15-17)19(26)24(2)3/h6-8,15H,4-5,9-14,16H2,1-3H3,(H,22,23). The Morgan fingerprint density at radius 1 is 1.27 bits per heavy atom. The van der Waals surface area contributed by atoms with Gasteiger partial charge in [0.05, 0.1) is 0 Å². The van der Waals surface area contributed by atoms with Crippen molar-refractivity contribution in [2.45, 2.75) is 38.5 Å². The first-order valence-corrected chi connectivity index (χ1v) is 9.79. The van der Waals surface area contributed by atoms with Crippen molar-refractivity contribution in [3.05, 3.63) is 35.4 Å². The van der Waals surface area contributed by atoms with Crippen LogP contribution >= 0.6 is 0 Å². The van der Waals surface area contributed by atoms with Crippen LogP contribution in [-0.4, -0.2) is 62.4 Å². The van der Waals surface area contributed by atoms with E-state index >= 15 is 0 Å². The van der Waals surface area contributed by atoms with E-state index in [1.807, 2.05) is 25.2 Å². The predicted molar refractivity (Wildman–Crippen MR) is 107 cm³/mol. The first kappa shape index (κ1) is 18.7. The van der Waals surface area contributed by atoms with E-state index in [2.05, 4.69) is 21.3 Å². The van der Waals surface area contributed by atoms with Gasteiger partial charge in [-0.15, -0.1) is 0 Å². The molecule has 1 aliphatic carbocycles. The minimum atomic E-state index is 0.0505. The van der Waals surface area contributed by atoms with Crippen LogP contribution in [0.3, 0.4) is 0 Å². The lowest BCUT2D eigenvalue weighted by Crippen LogP contribution is -2.41. The van der Waals surface area contributed by atoms with Crippen molar-refractivity contribution in [1.82, 2.24) is 15.1 Å². The molecule has 2 fully saturated rings. The summed E-state index contributed by atoms with van der Waals surface area (Å²) in [5.41, 5.74) is 2.48. The molecule has 0 unspecified atom stereocenters. The molecule has 1 amide bonds. The number of nitrogens with one attached hydrogen (secondary N) is 1. The van der Waals surface area contributed by atoms with Crippen LogP contribution in [-0.2, 0) is 6.42 Å². The maximum Gasteiger partial charge on any atom is 0.253 e. The Morgan fingerprint density at radius 3 is 2.73 bits per heavy atom. The lowest BCUT2D eigenvalue weighted by molar-refractivity contribution is 0.0827. The van der Waals surface area contributed by atoms with Crippen molar-refractivity contribution in [3.8, 4) is 0 Å². The Hall–Kier alpha value is -2.04. The van der Waals surface area contributed by atoms with Gasteiger partial charge in [-0.3, -0.25) is 9.79 Å². The monoisotopic (exact) mass is 356 g/mol. The molecule has 0 bridgehead atoms. The number of likely N-dealkylation sites (tertiary alicyclic amines) is 1. The van der Waals surface area contributed by atoms with Gasteiger partial charge in [-0.2, -0.15) is 0 Å². The van der Waals surface area contributed by atoms with Crippen molar-refractivity contribution in [1.29, 1.82) is 0 Å². The van der Waals surface area contributed by atoms with E-state index < -0.39 is 0 Å². The van der Waals surface area contributed by atoms with Gasteiger partial charge in [0.2, 0.25) is 0 Å². The molecule has 1 heterocycles. The number of hydrogen-bond donors (Lipinski definition) is 1. The number of rotatable bonds is 4. The third kappa shape index (κ3) is 4.19. The Morgan fingerprint density at radius 2 is 2.04 bits per heavy atom. The van der Waals surface area contributed by atoms with Crippen LogP contribution in [0.2, 0.25) is 0 Å². The predicted octanol–water partition coefficient (Wildman–Crippen LogP) is 2.77. The number of benzene rings is 1. The molecule has 1 saturated heterocycles. The van der Waals surface area contributed by atoms with E-state index in [4.69, 9.17) is 0 Å². The summed E-state index contributed by atoms with van der Waals surface area (Å²) in [6.45, 7) is 3.10. The van der Waals surface area contributed by atoms with Gasteiger partial charge in [-0.1, -0.05) is 25.0 Å². The molecule has 0 aromatic heterocycles. The highest BCUT2D eigenvalue weighted by atomic mass is 16.2. The number of nitrogens with zero attached hydrogens (tertiary/aromatic N) is 3.